The molecule has 0 saturated carbocycles. The van der Waals surface area contributed by atoms with Gasteiger partial charge < -0.3 is 24.4 Å². The minimum Gasteiger partial charge on any atom is -0.426 e. The number of rotatable bonds is 14. The molecule has 2 N–H and O–H groups in total. The molecule has 3 aromatic rings. The van der Waals surface area contributed by atoms with Crippen LogP contribution in [0.1, 0.15) is 99.5 Å². The Kier molecular flexibility index (Phi) is 10.2. The van der Waals surface area contributed by atoms with E-state index < -0.39 is 12.2 Å². The number of esters is 1. The fraction of sp³-hybridized carbons (Fsp3) is 0.528. The van der Waals surface area contributed by atoms with E-state index in [-0.39, 0.29) is 42.4 Å². The first-order chi connectivity index (χ1) is 22.0. The summed E-state index contributed by atoms with van der Waals surface area (Å²) < 4.78 is 7.68. The molecule has 5 rings (SSSR count). The van der Waals surface area contributed by atoms with E-state index >= 15 is 0 Å². The number of aliphatic hydroxyl groups excluding tert-OH is 1. The van der Waals surface area contributed by atoms with Crippen LogP contribution >= 0.6 is 0 Å². The number of ketones is 2. The highest BCUT2D eigenvalue weighted by Gasteiger charge is 2.43. The van der Waals surface area contributed by atoms with E-state index in [4.69, 9.17) is 14.8 Å². The van der Waals surface area contributed by atoms with Crippen molar-refractivity contribution in [3.63, 3.8) is 0 Å². The van der Waals surface area contributed by atoms with Crippen molar-refractivity contribution in [3.05, 3.63) is 56.4 Å². The first-order valence-electron chi connectivity index (χ1n) is 16.5. The zero-order valence-corrected chi connectivity index (χ0v) is 27.4. The molecule has 2 aromatic heterocycles. The molecule has 0 amide bonds. The van der Waals surface area contributed by atoms with Crippen molar-refractivity contribution in [1.29, 1.82) is 0 Å². The van der Waals surface area contributed by atoms with Gasteiger partial charge in [-0.05, 0) is 70.0 Å². The fourth-order valence-electron chi connectivity index (χ4n) is 7.04. The second-order valence-corrected chi connectivity index (χ2v) is 12.8. The number of carbonyl (C=O) groups excluding carboxylic acids is 3. The molecule has 1 atom stereocenters. The van der Waals surface area contributed by atoms with Crippen molar-refractivity contribution < 1.29 is 29.3 Å². The summed E-state index contributed by atoms with van der Waals surface area (Å²) in [6.07, 6.45) is 6.08. The minimum absolute atomic E-state index is 0.140. The average Bonchev–Trinajstić information content (AvgIpc) is 3.40. The van der Waals surface area contributed by atoms with Crippen LogP contribution in [-0.4, -0.2) is 62.9 Å². The number of aliphatic hydroxyl groups is 2. The van der Waals surface area contributed by atoms with Crippen LogP contribution in [-0.2, 0) is 45.9 Å². The third-order valence-electron chi connectivity index (χ3n) is 9.48. The smallest absolute Gasteiger partial charge is 0.311 e. The second-order valence-electron chi connectivity index (χ2n) is 12.8. The molecule has 0 spiro atoms. The number of pyridine rings is 2. The van der Waals surface area contributed by atoms with Crippen LogP contribution < -0.4 is 10.3 Å². The van der Waals surface area contributed by atoms with Crippen LogP contribution in [0.15, 0.2) is 23.0 Å². The average molecular weight is 632 g/mol. The molecule has 0 unspecified atom stereocenters. The van der Waals surface area contributed by atoms with E-state index in [0.717, 1.165) is 53.3 Å². The van der Waals surface area contributed by atoms with Crippen molar-refractivity contribution in [2.24, 2.45) is 0 Å². The number of benzene rings is 1. The summed E-state index contributed by atoms with van der Waals surface area (Å²) in [6.45, 7) is 4.29. The number of aryl methyl sites for hydroxylation is 1. The Morgan fingerprint density at radius 2 is 1.72 bits per heavy atom. The maximum absolute atomic E-state index is 13.8. The Hall–Kier alpha value is -3.73. The first-order valence-corrected chi connectivity index (χ1v) is 16.5. The number of aromatic nitrogens is 2. The summed E-state index contributed by atoms with van der Waals surface area (Å²) in [7, 11) is 3.92. The molecule has 1 aliphatic heterocycles. The number of Topliss-reactive ketones (excluding diaryl/α,β-unsaturated/α-hetero) is 2. The number of fused-ring (bicyclic) bond motifs is 5. The van der Waals surface area contributed by atoms with E-state index in [1.165, 1.54) is 0 Å². The molecule has 10 heteroatoms. The van der Waals surface area contributed by atoms with Crippen LogP contribution in [0.2, 0.25) is 0 Å². The quantitative estimate of drug-likeness (QED) is 0.118. The topological polar surface area (TPSA) is 139 Å². The highest BCUT2D eigenvalue weighted by atomic mass is 16.5. The Morgan fingerprint density at radius 1 is 1.00 bits per heavy atom. The van der Waals surface area contributed by atoms with E-state index in [9.17, 15) is 24.3 Å². The van der Waals surface area contributed by atoms with Crippen LogP contribution in [0.3, 0.4) is 0 Å². The third-order valence-corrected chi connectivity index (χ3v) is 9.48. The van der Waals surface area contributed by atoms with Crippen LogP contribution in [0, 0.1) is 0 Å². The Balaban J connectivity index is 1.46. The summed E-state index contributed by atoms with van der Waals surface area (Å²) in [5.74, 6) is -0.198. The second kappa shape index (κ2) is 13.9. The van der Waals surface area contributed by atoms with E-state index in [0.29, 0.717) is 67.0 Å². The number of ether oxygens (including phenoxy) is 1. The molecule has 0 saturated heterocycles. The Morgan fingerprint density at radius 3 is 2.39 bits per heavy atom. The highest BCUT2D eigenvalue weighted by molar-refractivity contribution is 5.94. The van der Waals surface area contributed by atoms with Crippen molar-refractivity contribution >= 4 is 28.4 Å². The van der Waals surface area contributed by atoms with Crippen LogP contribution in [0.25, 0.3) is 22.3 Å². The maximum atomic E-state index is 13.8. The SMILES string of the molecule is CCc1c2c(nc3ccc(OC(=O)CCCCCCCC(=O)CO)c(CN(C)C)c13)-c1cc3c(c(=O)n1C2)CCC(=O)[C@]3(O)CC. The number of carbonyl (C=O) groups is 3. The molecule has 0 bridgehead atoms. The molecule has 1 aliphatic carbocycles. The lowest BCUT2D eigenvalue weighted by Gasteiger charge is -2.32. The molecule has 0 radical (unpaired) electrons. The van der Waals surface area contributed by atoms with Gasteiger partial charge in [-0.15, -0.1) is 0 Å². The van der Waals surface area contributed by atoms with Gasteiger partial charge in [0.2, 0.25) is 0 Å². The summed E-state index contributed by atoms with van der Waals surface area (Å²) in [6, 6.07) is 5.45. The predicted molar refractivity (Wildman–Crippen MR) is 175 cm³/mol. The van der Waals surface area contributed by atoms with Gasteiger partial charge in [0.1, 0.15) is 18.0 Å². The molecule has 246 valence electrons. The largest absolute Gasteiger partial charge is 0.426 e. The molecule has 0 fully saturated rings. The monoisotopic (exact) mass is 631 g/mol. The standard InChI is InChI=1S/C36H45N3O7/c1-5-23-25-20-39-29(18-27-24(35(39)44)14-17-31(42)36(27,45)6-2)34(25)37-28-15-16-30(26(33(23)28)19-38(3)4)46-32(43)13-11-9-7-8-10-12-22(41)21-40/h15-16,18,40,45H,5-14,17,19-21H2,1-4H3/t36-/m0/s1. The van der Waals surface area contributed by atoms with Gasteiger partial charge in [-0.1, -0.05) is 33.1 Å². The maximum Gasteiger partial charge on any atom is 0.311 e. The van der Waals surface area contributed by atoms with Crippen molar-refractivity contribution in [2.75, 3.05) is 20.7 Å². The van der Waals surface area contributed by atoms with E-state index in [2.05, 4.69) is 6.92 Å². The summed E-state index contributed by atoms with van der Waals surface area (Å²) in [4.78, 5) is 57.9. The van der Waals surface area contributed by atoms with Gasteiger partial charge in [0.25, 0.3) is 5.56 Å². The normalized spacial score (nSPS) is 16.9. The van der Waals surface area contributed by atoms with Gasteiger partial charge in [0.05, 0.1) is 23.4 Å². The van der Waals surface area contributed by atoms with Crippen molar-refractivity contribution in [3.8, 4) is 17.1 Å². The molecule has 1 aromatic carbocycles. The van der Waals surface area contributed by atoms with Crippen LogP contribution in [0.5, 0.6) is 5.75 Å². The van der Waals surface area contributed by atoms with Crippen molar-refractivity contribution in [1.82, 2.24) is 14.5 Å². The van der Waals surface area contributed by atoms with E-state index in [1.807, 2.05) is 25.1 Å². The summed E-state index contributed by atoms with van der Waals surface area (Å²) >= 11 is 0. The van der Waals surface area contributed by atoms with Gasteiger partial charge >= 0.3 is 5.97 Å². The highest BCUT2D eigenvalue weighted by Crippen LogP contribution is 2.42. The lowest BCUT2D eigenvalue weighted by Crippen LogP contribution is -2.43. The zero-order valence-electron chi connectivity index (χ0n) is 27.4. The van der Waals surface area contributed by atoms with E-state index in [1.54, 1.807) is 23.6 Å². The van der Waals surface area contributed by atoms with Gasteiger partial charge in [-0.3, -0.25) is 19.2 Å². The van der Waals surface area contributed by atoms with Crippen LogP contribution in [0.4, 0.5) is 0 Å². The number of hydrogen-bond donors (Lipinski definition) is 2. The lowest BCUT2D eigenvalue weighted by molar-refractivity contribution is -0.140. The molecule has 2 aliphatic rings. The fourth-order valence-corrected chi connectivity index (χ4v) is 7.04. The van der Waals surface area contributed by atoms with Gasteiger partial charge in [-0.2, -0.15) is 0 Å². The Bertz CT molecular complexity index is 1740. The molecule has 10 nitrogen and oxygen atoms in total. The van der Waals surface area contributed by atoms with Gasteiger partial charge in [0.15, 0.2) is 11.6 Å². The van der Waals surface area contributed by atoms with Gasteiger partial charge in [0, 0.05) is 53.4 Å². The Labute approximate surface area is 269 Å². The number of hydrogen-bond acceptors (Lipinski definition) is 9. The van der Waals surface area contributed by atoms with Gasteiger partial charge in [-0.25, -0.2) is 4.98 Å². The molecule has 3 heterocycles. The molecular formula is C36H45N3O7. The number of nitrogens with zero attached hydrogens (tertiary/aromatic N) is 3. The predicted octanol–water partition coefficient (Wildman–Crippen LogP) is 4.36. The zero-order chi connectivity index (χ0) is 33.2. The first kappa shape index (κ1) is 33.6. The third kappa shape index (κ3) is 6.30. The summed E-state index contributed by atoms with van der Waals surface area (Å²) in [5, 5.41) is 21.1. The minimum atomic E-state index is -1.67. The van der Waals surface area contributed by atoms with Crippen molar-refractivity contribution in [2.45, 2.75) is 103 Å². The molecular weight excluding hydrogens is 586 g/mol. The lowest BCUT2D eigenvalue weighted by atomic mass is 9.77. The summed E-state index contributed by atoms with van der Waals surface area (Å²) in [5.41, 5.74) is 3.92. The molecule has 46 heavy (non-hydrogen) atoms. The number of unbranched alkanes of at least 4 members (excludes halogenated alkanes) is 4.